The van der Waals surface area contributed by atoms with E-state index >= 15 is 0 Å². The summed E-state index contributed by atoms with van der Waals surface area (Å²) in [5.41, 5.74) is 2.93. The van der Waals surface area contributed by atoms with Gasteiger partial charge in [-0.3, -0.25) is 9.10 Å². The third-order valence-corrected chi connectivity index (χ3v) is 7.46. The minimum Gasteiger partial charge on any atom is -0.322 e. The molecule has 166 valence electrons. The van der Waals surface area contributed by atoms with Crippen molar-refractivity contribution in [3.63, 3.8) is 0 Å². The third kappa shape index (κ3) is 5.52. The number of carbonyl (C=O) groups is 1. The zero-order valence-corrected chi connectivity index (χ0v) is 19.0. The van der Waals surface area contributed by atoms with Crippen molar-refractivity contribution in [2.75, 3.05) is 22.4 Å². The molecule has 0 bridgehead atoms. The molecule has 0 aromatic heterocycles. The highest BCUT2D eigenvalue weighted by Crippen LogP contribution is 2.34. The number of amides is 1. The molecule has 2 aromatic rings. The van der Waals surface area contributed by atoms with Crippen molar-refractivity contribution in [3.05, 3.63) is 71.8 Å². The molecule has 0 fully saturated rings. The van der Waals surface area contributed by atoms with Crippen LogP contribution in [-0.2, 0) is 32.2 Å². The molecular formula is C21H25N3O5S2. The van der Waals surface area contributed by atoms with Gasteiger partial charge < -0.3 is 5.32 Å². The van der Waals surface area contributed by atoms with Crippen LogP contribution < -0.4 is 14.3 Å². The van der Waals surface area contributed by atoms with E-state index in [1.165, 1.54) is 16.6 Å². The van der Waals surface area contributed by atoms with Gasteiger partial charge in [-0.15, -0.1) is 6.58 Å². The summed E-state index contributed by atoms with van der Waals surface area (Å²) in [5, 5.41) is 2.78. The molecule has 1 aliphatic heterocycles. The minimum absolute atomic E-state index is 0.165. The van der Waals surface area contributed by atoms with Gasteiger partial charge in [-0.2, -0.15) is 0 Å². The summed E-state index contributed by atoms with van der Waals surface area (Å²) in [6.45, 7) is 5.47. The topological polar surface area (TPSA) is 113 Å². The number of anilines is 2. The van der Waals surface area contributed by atoms with Gasteiger partial charge >= 0.3 is 0 Å². The Kier molecular flexibility index (Phi) is 6.54. The summed E-state index contributed by atoms with van der Waals surface area (Å²) in [6.07, 6.45) is 3.17. The second kappa shape index (κ2) is 8.81. The Bertz CT molecular complexity index is 1210. The SMILES string of the molecule is C=CCNS(=O)(=O)Cc1ccc(NC(=O)c2ccc3c(c2)CC(C)N3S(C)(=O)=O)cc1. The highest BCUT2D eigenvalue weighted by molar-refractivity contribution is 7.92. The van der Waals surface area contributed by atoms with Gasteiger partial charge in [0.05, 0.1) is 17.7 Å². The van der Waals surface area contributed by atoms with Crippen LogP contribution in [0.3, 0.4) is 0 Å². The molecule has 8 nitrogen and oxygen atoms in total. The van der Waals surface area contributed by atoms with Crippen LogP contribution in [0.4, 0.5) is 11.4 Å². The molecule has 1 heterocycles. The van der Waals surface area contributed by atoms with Crippen molar-refractivity contribution in [2.45, 2.75) is 25.1 Å². The van der Waals surface area contributed by atoms with E-state index < -0.39 is 20.0 Å². The lowest BCUT2D eigenvalue weighted by molar-refractivity contribution is 0.102. The van der Waals surface area contributed by atoms with Crippen LogP contribution >= 0.6 is 0 Å². The summed E-state index contributed by atoms with van der Waals surface area (Å²) in [6, 6.07) is 11.3. The van der Waals surface area contributed by atoms with E-state index in [1.54, 1.807) is 42.5 Å². The number of fused-ring (bicyclic) bond motifs is 1. The number of sulfonamides is 2. The van der Waals surface area contributed by atoms with Crippen LogP contribution in [0.2, 0.25) is 0 Å². The Labute approximate surface area is 183 Å². The fraction of sp³-hybridized carbons (Fsp3) is 0.286. The maximum Gasteiger partial charge on any atom is 0.255 e. The molecule has 0 radical (unpaired) electrons. The fourth-order valence-electron chi connectivity index (χ4n) is 3.59. The Hall–Kier alpha value is -2.69. The molecule has 0 saturated heterocycles. The molecule has 1 atom stereocenters. The largest absolute Gasteiger partial charge is 0.322 e. The molecule has 1 amide bonds. The summed E-state index contributed by atoms with van der Waals surface area (Å²) in [5.74, 6) is -0.504. The average molecular weight is 464 g/mol. The van der Waals surface area contributed by atoms with Crippen molar-refractivity contribution < 1.29 is 21.6 Å². The summed E-state index contributed by atoms with van der Waals surface area (Å²) >= 11 is 0. The van der Waals surface area contributed by atoms with E-state index in [2.05, 4.69) is 16.6 Å². The zero-order chi connectivity index (χ0) is 22.8. The van der Waals surface area contributed by atoms with Gasteiger partial charge in [0.2, 0.25) is 20.0 Å². The summed E-state index contributed by atoms with van der Waals surface area (Å²) < 4.78 is 51.7. The van der Waals surface area contributed by atoms with Crippen molar-refractivity contribution in [3.8, 4) is 0 Å². The molecule has 3 rings (SSSR count). The van der Waals surface area contributed by atoms with Crippen LogP contribution in [0.25, 0.3) is 0 Å². The first-order valence-electron chi connectivity index (χ1n) is 9.61. The van der Waals surface area contributed by atoms with E-state index in [0.29, 0.717) is 28.9 Å². The maximum atomic E-state index is 12.6. The monoisotopic (exact) mass is 463 g/mol. The van der Waals surface area contributed by atoms with Gasteiger partial charge in [0.25, 0.3) is 5.91 Å². The smallest absolute Gasteiger partial charge is 0.255 e. The number of rotatable bonds is 8. The first-order chi connectivity index (χ1) is 14.5. The van der Waals surface area contributed by atoms with E-state index in [9.17, 15) is 21.6 Å². The predicted octanol–water partition coefficient (Wildman–Crippen LogP) is 2.25. The van der Waals surface area contributed by atoms with Crippen molar-refractivity contribution in [1.82, 2.24) is 4.72 Å². The van der Waals surface area contributed by atoms with Gasteiger partial charge in [-0.25, -0.2) is 21.6 Å². The van der Waals surface area contributed by atoms with E-state index in [-0.39, 0.29) is 24.2 Å². The average Bonchev–Trinajstić information content (AvgIpc) is 3.02. The van der Waals surface area contributed by atoms with Crippen LogP contribution in [0.15, 0.2) is 55.1 Å². The molecule has 0 aliphatic carbocycles. The van der Waals surface area contributed by atoms with Crippen LogP contribution in [0.5, 0.6) is 0 Å². The quantitative estimate of drug-likeness (QED) is 0.583. The van der Waals surface area contributed by atoms with E-state index in [4.69, 9.17) is 0 Å². The van der Waals surface area contributed by atoms with Crippen LogP contribution in [0, 0.1) is 0 Å². The Morgan fingerprint density at radius 1 is 1.16 bits per heavy atom. The Balaban J connectivity index is 1.70. The molecule has 0 saturated carbocycles. The number of nitrogens with one attached hydrogen (secondary N) is 2. The van der Waals surface area contributed by atoms with Crippen molar-refractivity contribution >= 4 is 37.3 Å². The molecule has 1 unspecified atom stereocenters. The third-order valence-electron chi connectivity index (χ3n) is 4.87. The lowest BCUT2D eigenvalue weighted by Gasteiger charge is -2.21. The Morgan fingerprint density at radius 3 is 2.45 bits per heavy atom. The number of hydrogen-bond acceptors (Lipinski definition) is 5. The predicted molar refractivity (Wildman–Crippen MR) is 122 cm³/mol. The van der Waals surface area contributed by atoms with Gasteiger partial charge in [-0.1, -0.05) is 18.2 Å². The first kappa shape index (κ1) is 23.0. The lowest BCUT2D eigenvalue weighted by Crippen LogP contribution is -2.34. The molecule has 1 aliphatic rings. The molecule has 2 aromatic carbocycles. The first-order valence-corrected chi connectivity index (χ1v) is 13.1. The summed E-state index contributed by atoms with van der Waals surface area (Å²) in [4.78, 5) is 12.6. The molecule has 31 heavy (non-hydrogen) atoms. The Morgan fingerprint density at radius 2 is 1.84 bits per heavy atom. The molecular weight excluding hydrogens is 438 g/mol. The van der Waals surface area contributed by atoms with Crippen LogP contribution in [-0.4, -0.2) is 41.6 Å². The summed E-state index contributed by atoms with van der Waals surface area (Å²) in [7, 11) is -6.85. The van der Waals surface area contributed by atoms with Gasteiger partial charge in [-0.05, 0) is 54.8 Å². The maximum absolute atomic E-state index is 12.6. The highest BCUT2D eigenvalue weighted by atomic mass is 32.2. The second-order valence-corrected chi connectivity index (χ2v) is 11.2. The number of benzene rings is 2. The van der Waals surface area contributed by atoms with Gasteiger partial charge in [0, 0.05) is 23.8 Å². The minimum atomic E-state index is -3.46. The molecule has 2 N–H and O–H groups in total. The van der Waals surface area contributed by atoms with Gasteiger partial charge in [0.15, 0.2) is 0 Å². The fourth-order valence-corrected chi connectivity index (χ4v) is 5.96. The molecule has 0 spiro atoms. The number of carbonyl (C=O) groups excluding carboxylic acids is 1. The van der Waals surface area contributed by atoms with E-state index in [1.807, 2.05) is 6.92 Å². The lowest BCUT2D eigenvalue weighted by atomic mass is 10.1. The second-order valence-electron chi connectivity index (χ2n) is 7.50. The molecule has 10 heteroatoms. The standard InChI is InChI=1S/C21H25N3O5S2/c1-4-11-22-31(28,29)14-16-5-8-19(9-6-16)23-21(25)17-7-10-20-18(13-17)12-15(2)24(20)30(3,26)27/h4-10,13,15,22H,1,11-12,14H2,2-3H3,(H,23,25). The normalized spacial score (nSPS) is 16.1. The number of nitrogens with zero attached hydrogens (tertiary/aromatic N) is 1. The zero-order valence-electron chi connectivity index (χ0n) is 17.3. The van der Waals surface area contributed by atoms with Crippen molar-refractivity contribution in [1.29, 1.82) is 0 Å². The van der Waals surface area contributed by atoms with E-state index in [0.717, 1.165) is 5.56 Å². The van der Waals surface area contributed by atoms with Gasteiger partial charge in [0.1, 0.15) is 0 Å². The van der Waals surface area contributed by atoms with Crippen molar-refractivity contribution in [2.24, 2.45) is 0 Å². The van der Waals surface area contributed by atoms with Crippen LogP contribution in [0.1, 0.15) is 28.4 Å². The highest BCUT2D eigenvalue weighted by Gasteiger charge is 2.32. The number of hydrogen-bond donors (Lipinski definition) is 2.